The number of nitrogen functional groups attached to an aromatic ring is 1. The number of anilines is 1. The maximum absolute atomic E-state index is 12.7. The summed E-state index contributed by atoms with van der Waals surface area (Å²) in [5.74, 6) is -0.210. The lowest BCUT2D eigenvalue weighted by Gasteiger charge is -2.02. The summed E-state index contributed by atoms with van der Waals surface area (Å²) in [7, 11) is 0. The second kappa shape index (κ2) is 7.28. The first-order chi connectivity index (χ1) is 13.7. The molecule has 4 aromatic rings. The van der Waals surface area contributed by atoms with Gasteiger partial charge in [0.05, 0.1) is 22.9 Å². The molecule has 1 aromatic carbocycles. The summed E-state index contributed by atoms with van der Waals surface area (Å²) in [5.41, 5.74) is 9.28. The Morgan fingerprint density at radius 3 is 2.64 bits per heavy atom. The highest BCUT2D eigenvalue weighted by Gasteiger charge is 2.23. The molecule has 0 aliphatic carbocycles. The maximum atomic E-state index is 12.7. The van der Waals surface area contributed by atoms with Crippen LogP contribution in [0.2, 0.25) is 0 Å². The van der Waals surface area contributed by atoms with Crippen molar-refractivity contribution in [1.82, 2.24) is 24.9 Å². The first-order valence-electron chi connectivity index (χ1n) is 8.60. The number of carbonyl (C=O) groups is 1. The third kappa shape index (κ3) is 3.07. The molecule has 0 fully saturated rings. The van der Waals surface area contributed by atoms with E-state index in [9.17, 15) is 4.79 Å². The molecule has 0 spiro atoms. The Labute approximate surface area is 160 Å². The molecule has 4 rings (SSSR count). The van der Waals surface area contributed by atoms with Crippen molar-refractivity contribution >= 4 is 40.1 Å². The van der Waals surface area contributed by atoms with Crippen molar-refractivity contribution in [2.24, 2.45) is 5.10 Å². The topological polar surface area (TPSA) is 111 Å². The summed E-state index contributed by atoms with van der Waals surface area (Å²) in [6.45, 7) is 3.92. The molecule has 0 saturated heterocycles. The number of nitrogens with one attached hydrogen (secondary N) is 1. The second-order valence-electron chi connectivity index (χ2n) is 5.95. The van der Waals surface area contributed by atoms with E-state index in [-0.39, 0.29) is 17.3 Å². The number of carbonyl (C=O) groups excluding carboxylic acids is 1. The van der Waals surface area contributed by atoms with Gasteiger partial charge in [-0.3, -0.25) is 9.78 Å². The number of hydrogen-bond acceptors (Lipinski definition) is 6. The van der Waals surface area contributed by atoms with Gasteiger partial charge in [-0.2, -0.15) is 9.78 Å². The summed E-state index contributed by atoms with van der Waals surface area (Å²) in [4.78, 5) is 26.1. The van der Waals surface area contributed by atoms with Crippen molar-refractivity contribution in [1.29, 1.82) is 0 Å². The molecule has 3 aromatic heterocycles. The SMILES string of the molecule is C=CCNC(=O)c1c(N)n(/N=C\c2ccccn2)c2nc3ccccc3nc12. The molecule has 3 N–H and O–H groups in total. The van der Waals surface area contributed by atoms with Crippen LogP contribution in [0, 0.1) is 0 Å². The van der Waals surface area contributed by atoms with Gasteiger partial charge >= 0.3 is 0 Å². The molecule has 0 radical (unpaired) electrons. The van der Waals surface area contributed by atoms with E-state index in [4.69, 9.17) is 5.73 Å². The number of pyridine rings is 1. The van der Waals surface area contributed by atoms with Gasteiger partial charge in [-0.05, 0) is 24.3 Å². The zero-order valence-electron chi connectivity index (χ0n) is 14.9. The molecule has 8 heteroatoms. The van der Waals surface area contributed by atoms with Gasteiger partial charge in [0.2, 0.25) is 0 Å². The molecule has 0 aliphatic rings. The Balaban J connectivity index is 1.93. The number of benzene rings is 1. The summed E-state index contributed by atoms with van der Waals surface area (Å²) >= 11 is 0. The summed E-state index contributed by atoms with van der Waals surface area (Å²) in [5, 5.41) is 7.13. The van der Waals surface area contributed by atoms with Crippen LogP contribution >= 0.6 is 0 Å². The van der Waals surface area contributed by atoms with Gasteiger partial charge in [0.15, 0.2) is 5.65 Å². The first-order valence-corrected chi connectivity index (χ1v) is 8.60. The van der Waals surface area contributed by atoms with Gasteiger partial charge in [0.1, 0.15) is 16.9 Å². The number of nitrogens with zero attached hydrogens (tertiary/aromatic N) is 5. The van der Waals surface area contributed by atoms with Crippen LogP contribution in [0.15, 0.2) is 66.4 Å². The van der Waals surface area contributed by atoms with Crippen molar-refractivity contribution < 1.29 is 4.79 Å². The number of rotatable bonds is 5. The monoisotopic (exact) mass is 371 g/mol. The number of hydrogen-bond donors (Lipinski definition) is 2. The van der Waals surface area contributed by atoms with Gasteiger partial charge in [0.25, 0.3) is 5.91 Å². The van der Waals surface area contributed by atoms with E-state index in [0.717, 1.165) is 0 Å². The van der Waals surface area contributed by atoms with Crippen LogP contribution in [0.4, 0.5) is 5.82 Å². The first kappa shape index (κ1) is 17.3. The normalized spacial score (nSPS) is 11.3. The van der Waals surface area contributed by atoms with E-state index in [0.29, 0.717) is 34.4 Å². The van der Waals surface area contributed by atoms with Crippen LogP contribution in [-0.2, 0) is 0 Å². The van der Waals surface area contributed by atoms with Crippen molar-refractivity contribution in [3.8, 4) is 0 Å². The molecule has 0 aliphatic heterocycles. The Kier molecular flexibility index (Phi) is 4.51. The van der Waals surface area contributed by atoms with Crippen LogP contribution in [0.1, 0.15) is 16.1 Å². The Hall–Kier alpha value is -4.07. The van der Waals surface area contributed by atoms with E-state index in [1.807, 2.05) is 42.5 Å². The fraction of sp³-hybridized carbons (Fsp3) is 0.0500. The van der Waals surface area contributed by atoms with Crippen LogP contribution < -0.4 is 11.1 Å². The number of para-hydroxylation sites is 2. The molecule has 8 nitrogen and oxygen atoms in total. The molecule has 0 atom stereocenters. The highest BCUT2D eigenvalue weighted by Crippen LogP contribution is 2.27. The molecule has 138 valence electrons. The fourth-order valence-electron chi connectivity index (χ4n) is 2.81. The molecule has 0 saturated carbocycles. The van der Waals surface area contributed by atoms with E-state index in [2.05, 4.69) is 31.9 Å². The van der Waals surface area contributed by atoms with Crippen LogP contribution in [0.3, 0.4) is 0 Å². The average Bonchev–Trinajstić information content (AvgIpc) is 3.00. The van der Waals surface area contributed by atoms with Gasteiger partial charge in [-0.15, -0.1) is 6.58 Å². The number of nitrogens with two attached hydrogens (primary N) is 1. The molecule has 0 unspecified atom stereocenters. The van der Waals surface area contributed by atoms with Crippen LogP contribution in [0.5, 0.6) is 0 Å². The predicted molar refractivity (Wildman–Crippen MR) is 109 cm³/mol. The predicted octanol–water partition coefficient (Wildman–Crippen LogP) is 2.36. The lowest BCUT2D eigenvalue weighted by molar-refractivity contribution is 0.0960. The standard InChI is InChI=1S/C20H17N7O/c1-2-10-23-20(28)16-17-19(26-15-9-4-3-8-14(15)25-17)27(18(16)21)24-12-13-7-5-6-11-22-13/h2-9,11-12H,1,10,21H2,(H,23,28)/b24-12-. The van der Waals surface area contributed by atoms with E-state index in [1.165, 1.54) is 4.68 Å². The maximum Gasteiger partial charge on any atom is 0.257 e. The molecule has 28 heavy (non-hydrogen) atoms. The van der Waals surface area contributed by atoms with Gasteiger partial charge in [-0.1, -0.05) is 24.3 Å². The highest BCUT2D eigenvalue weighted by molar-refractivity contribution is 6.10. The van der Waals surface area contributed by atoms with Crippen molar-refractivity contribution in [3.63, 3.8) is 0 Å². The zero-order chi connectivity index (χ0) is 19.5. The van der Waals surface area contributed by atoms with Crippen LogP contribution in [-0.4, -0.2) is 38.3 Å². The molecule has 0 bridgehead atoms. The third-order valence-corrected chi connectivity index (χ3v) is 4.10. The van der Waals surface area contributed by atoms with E-state index < -0.39 is 0 Å². The number of fused-ring (bicyclic) bond motifs is 2. The van der Waals surface area contributed by atoms with Crippen molar-refractivity contribution in [2.75, 3.05) is 12.3 Å². The molecular formula is C20H17N7O. The minimum absolute atomic E-state index is 0.152. The third-order valence-electron chi connectivity index (χ3n) is 4.10. The molecule has 1 amide bonds. The average molecular weight is 371 g/mol. The number of aromatic nitrogens is 4. The second-order valence-corrected chi connectivity index (χ2v) is 5.95. The largest absolute Gasteiger partial charge is 0.383 e. The quantitative estimate of drug-likeness (QED) is 0.413. The lowest BCUT2D eigenvalue weighted by Crippen LogP contribution is -2.24. The molecular weight excluding hydrogens is 354 g/mol. The Bertz CT molecular complexity index is 1210. The van der Waals surface area contributed by atoms with Gasteiger partial charge in [-0.25, -0.2) is 9.97 Å². The molecule has 3 heterocycles. The Morgan fingerprint density at radius 1 is 1.18 bits per heavy atom. The van der Waals surface area contributed by atoms with E-state index in [1.54, 1.807) is 18.5 Å². The Morgan fingerprint density at radius 2 is 1.93 bits per heavy atom. The lowest BCUT2D eigenvalue weighted by atomic mass is 10.2. The zero-order valence-corrected chi connectivity index (χ0v) is 14.9. The smallest absolute Gasteiger partial charge is 0.257 e. The van der Waals surface area contributed by atoms with Gasteiger partial charge < -0.3 is 11.1 Å². The highest BCUT2D eigenvalue weighted by atomic mass is 16.1. The van der Waals surface area contributed by atoms with E-state index >= 15 is 0 Å². The minimum atomic E-state index is -0.362. The van der Waals surface area contributed by atoms with Crippen molar-refractivity contribution in [3.05, 3.63) is 72.6 Å². The van der Waals surface area contributed by atoms with Crippen LogP contribution in [0.25, 0.3) is 22.2 Å². The van der Waals surface area contributed by atoms with Gasteiger partial charge in [0, 0.05) is 12.7 Å². The summed E-state index contributed by atoms with van der Waals surface area (Å²) < 4.78 is 1.41. The minimum Gasteiger partial charge on any atom is -0.383 e. The fourth-order valence-corrected chi connectivity index (χ4v) is 2.81. The summed E-state index contributed by atoms with van der Waals surface area (Å²) in [6, 6.07) is 12.9. The summed E-state index contributed by atoms with van der Waals surface area (Å²) in [6.07, 6.45) is 4.81. The van der Waals surface area contributed by atoms with Crippen molar-refractivity contribution in [2.45, 2.75) is 0 Å². The number of amides is 1.